The average Bonchev–Trinajstić information content (AvgIpc) is 3.60. The largest absolute Gasteiger partial charge is 0.465 e. The van der Waals surface area contributed by atoms with Gasteiger partial charge in [0.05, 0.1) is 24.6 Å². The average molecular weight is 585 g/mol. The van der Waals surface area contributed by atoms with Gasteiger partial charge in [0.2, 0.25) is 0 Å². The number of rotatable bonds is 9. The summed E-state index contributed by atoms with van der Waals surface area (Å²) in [5.74, 6) is -3.25. The smallest absolute Gasteiger partial charge is 0.321 e. The maximum absolute atomic E-state index is 14.0. The van der Waals surface area contributed by atoms with Gasteiger partial charge in [-0.1, -0.05) is 96.1 Å². The van der Waals surface area contributed by atoms with Crippen LogP contribution in [0.3, 0.4) is 0 Å². The Morgan fingerprint density at radius 1 is 0.591 bits per heavy atom. The lowest BCUT2D eigenvalue weighted by atomic mass is 9.76. The minimum absolute atomic E-state index is 0.138. The molecule has 0 bridgehead atoms. The summed E-state index contributed by atoms with van der Waals surface area (Å²) in [5.41, 5.74) is 9.36. The molecule has 6 aromatic rings. The van der Waals surface area contributed by atoms with Gasteiger partial charge >= 0.3 is 11.9 Å². The van der Waals surface area contributed by atoms with Crippen LogP contribution in [0.2, 0.25) is 0 Å². The van der Waals surface area contributed by atoms with E-state index in [9.17, 15) is 9.59 Å². The Hall–Kier alpha value is -5.10. The van der Waals surface area contributed by atoms with Gasteiger partial charge in [-0.2, -0.15) is 0 Å². The third-order valence-corrected chi connectivity index (χ3v) is 8.21. The van der Waals surface area contributed by atoms with Crippen molar-refractivity contribution >= 4 is 33.7 Å². The molecule has 2 aromatic heterocycles. The summed E-state index contributed by atoms with van der Waals surface area (Å²) in [5, 5.41) is 1.85. The molecule has 0 unspecified atom stereocenters. The Bertz CT molecular complexity index is 1810. The van der Waals surface area contributed by atoms with E-state index < -0.39 is 23.8 Å². The summed E-state index contributed by atoms with van der Waals surface area (Å²) in [6, 6.07) is 32.6. The van der Waals surface area contributed by atoms with Crippen LogP contribution in [0.15, 0.2) is 97.1 Å². The first kappa shape index (κ1) is 29.0. The Morgan fingerprint density at radius 2 is 0.977 bits per heavy atom. The Balaban J connectivity index is 1.76. The fraction of sp³-hybridized carbons (Fsp3) is 0.211. The summed E-state index contributed by atoms with van der Waals surface area (Å²) in [6.45, 7) is 7.88. The van der Waals surface area contributed by atoms with E-state index in [0.717, 1.165) is 66.6 Å². The zero-order chi connectivity index (χ0) is 30.8. The summed E-state index contributed by atoms with van der Waals surface area (Å²) in [6.07, 6.45) is 0. The quantitative estimate of drug-likeness (QED) is 0.132. The highest BCUT2D eigenvalue weighted by Gasteiger charge is 2.44. The number of H-pyrrole nitrogens is 2. The lowest BCUT2D eigenvalue weighted by molar-refractivity contribution is -0.162. The molecule has 0 aliphatic rings. The molecule has 6 nitrogen and oxygen atoms in total. The molecule has 0 saturated carbocycles. The van der Waals surface area contributed by atoms with E-state index in [0.29, 0.717) is 0 Å². The number of aromatic amines is 2. The Kier molecular flexibility index (Phi) is 8.07. The van der Waals surface area contributed by atoms with Gasteiger partial charge in [-0.15, -0.1) is 0 Å². The highest BCUT2D eigenvalue weighted by atomic mass is 16.6. The van der Waals surface area contributed by atoms with Crippen LogP contribution in [0.4, 0.5) is 0 Å². The zero-order valence-electron chi connectivity index (χ0n) is 25.4. The Labute approximate surface area is 257 Å². The molecule has 0 saturated heterocycles. The van der Waals surface area contributed by atoms with Crippen molar-refractivity contribution in [1.29, 1.82) is 0 Å². The molecule has 0 aliphatic heterocycles. The van der Waals surface area contributed by atoms with Crippen molar-refractivity contribution in [1.82, 2.24) is 9.97 Å². The molecule has 222 valence electrons. The van der Waals surface area contributed by atoms with Gasteiger partial charge in [-0.25, -0.2) is 0 Å². The molecule has 6 rings (SSSR count). The molecule has 2 heterocycles. The first-order valence-electron chi connectivity index (χ1n) is 15.1. The molecular weight excluding hydrogens is 548 g/mol. The second-order valence-electron chi connectivity index (χ2n) is 11.1. The number of para-hydroxylation sites is 2. The van der Waals surface area contributed by atoms with Crippen molar-refractivity contribution in [2.75, 3.05) is 13.2 Å². The van der Waals surface area contributed by atoms with Crippen LogP contribution in [-0.2, 0) is 19.1 Å². The molecule has 4 aromatic carbocycles. The Morgan fingerprint density at radius 3 is 1.36 bits per heavy atom. The van der Waals surface area contributed by atoms with Gasteiger partial charge in [0.15, 0.2) is 5.92 Å². The molecule has 0 radical (unpaired) electrons. The van der Waals surface area contributed by atoms with Crippen LogP contribution in [0, 0.1) is 19.8 Å². The molecule has 0 fully saturated rings. The summed E-state index contributed by atoms with van der Waals surface area (Å²) in [4.78, 5) is 35.3. The number of aromatic nitrogens is 2. The number of aryl methyl sites for hydroxylation is 2. The summed E-state index contributed by atoms with van der Waals surface area (Å²) in [7, 11) is 0. The minimum Gasteiger partial charge on any atom is -0.465 e. The van der Waals surface area contributed by atoms with E-state index in [1.54, 1.807) is 13.8 Å². The van der Waals surface area contributed by atoms with E-state index in [-0.39, 0.29) is 13.2 Å². The molecule has 0 spiro atoms. The lowest BCUT2D eigenvalue weighted by Crippen LogP contribution is -2.34. The molecule has 0 atom stereocenters. The predicted octanol–water partition coefficient (Wildman–Crippen LogP) is 8.47. The van der Waals surface area contributed by atoms with Crippen molar-refractivity contribution in [3.05, 3.63) is 119 Å². The summed E-state index contributed by atoms with van der Waals surface area (Å²) >= 11 is 0. The first-order valence-corrected chi connectivity index (χ1v) is 15.1. The second-order valence-corrected chi connectivity index (χ2v) is 11.1. The minimum atomic E-state index is -1.26. The number of ether oxygens (including phenoxy) is 2. The molecule has 0 aliphatic carbocycles. The van der Waals surface area contributed by atoms with Crippen LogP contribution in [0.25, 0.3) is 44.3 Å². The van der Waals surface area contributed by atoms with E-state index in [1.165, 1.54) is 0 Å². The first-order chi connectivity index (χ1) is 21.4. The number of esters is 2. The van der Waals surface area contributed by atoms with Crippen molar-refractivity contribution in [2.24, 2.45) is 5.92 Å². The van der Waals surface area contributed by atoms with Gasteiger partial charge < -0.3 is 19.4 Å². The number of benzene rings is 4. The number of hydrogen-bond donors (Lipinski definition) is 2. The SMILES string of the molecule is CCOC(=O)C(C(=O)OCC)C(c1c(-c2ccc(C)cc2)[nH]c2ccccc12)c1c(-c2ccc(C)cc2)[nH]c2ccccc12. The van der Waals surface area contributed by atoms with E-state index >= 15 is 0 Å². The van der Waals surface area contributed by atoms with E-state index in [1.807, 2.05) is 48.5 Å². The van der Waals surface area contributed by atoms with Crippen molar-refractivity contribution in [3.8, 4) is 22.5 Å². The maximum atomic E-state index is 14.0. The predicted molar refractivity (Wildman–Crippen MR) is 176 cm³/mol. The highest BCUT2D eigenvalue weighted by molar-refractivity contribution is 6.03. The molecular formula is C38H36N2O4. The number of fused-ring (bicyclic) bond motifs is 2. The van der Waals surface area contributed by atoms with Crippen LogP contribution in [-0.4, -0.2) is 35.1 Å². The van der Waals surface area contributed by atoms with Crippen LogP contribution >= 0.6 is 0 Å². The lowest BCUT2D eigenvalue weighted by Gasteiger charge is -2.27. The van der Waals surface area contributed by atoms with Crippen LogP contribution in [0.5, 0.6) is 0 Å². The van der Waals surface area contributed by atoms with Gasteiger partial charge in [0, 0.05) is 27.7 Å². The number of carbonyl (C=O) groups excluding carboxylic acids is 2. The van der Waals surface area contributed by atoms with E-state index in [4.69, 9.17) is 9.47 Å². The van der Waals surface area contributed by atoms with Gasteiger partial charge in [0.1, 0.15) is 0 Å². The summed E-state index contributed by atoms with van der Waals surface area (Å²) < 4.78 is 11.3. The normalized spacial score (nSPS) is 11.5. The second kappa shape index (κ2) is 12.3. The topological polar surface area (TPSA) is 84.2 Å². The number of nitrogens with one attached hydrogen (secondary N) is 2. The molecule has 44 heavy (non-hydrogen) atoms. The molecule has 2 N–H and O–H groups in total. The third-order valence-electron chi connectivity index (χ3n) is 8.21. The number of carbonyl (C=O) groups is 2. The maximum Gasteiger partial charge on any atom is 0.321 e. The fourth-order valence-electron chi connectivity index (χ4n) is 6.18. The highest BCUT2D eigenvalue weighted by Crippen LogP contribution is 2.48. The van der Waals surface area contributed by atoms with Crippen molar-refractivity contribution in [2.45, 2.75) is 33.6 Å². The molecule has 6 heteroatoms. The van der Waals surface area contributed by atoms with Gasteiger partial charge in [0.25, 0.3) is 0 Å². The van der Waals surface area contributed by atoms with E-state index in [2.05, 4.69) is 72.3 Å². The van der Waals surface area contributed by atoms with Crippen molar-refractivity contribution < 1.29 is 19.1 Å². The fourth-order valence-corrected chi connectivity index (χ4v) is 6.18. The van der Waals surface area contributed by atoms with Crippen LogP contribution < -0.4 is 0 Å². The number of hydrogen-bond acceptors (Lipinski definition) is 4. The van der Waals surface area contributed by atoms with Crippen molar-refractivity contribution in [3.63, 3.8) is 0 Å². The molecule has 0 amide bonds. The standard InChI is InChI=1S/C38H36N2O4/c1-5-43-37(41)34(38(42)44-6-2)33(31-27-11-7-9-13-29(27)39-35(31)25-19-15-23(3)16-20-25)32-28-12-8-10-14-30(28)40-36(32)26-21-17-24(4)18-22-26/h7-22,33-34,39-40H,5-6H2,1-4H3. The van der Waals surface area contributed by atoms with Gasteiger partial charge in [-0.05, 0) is 62.1 Å². The van der Waals surface area contributed by atoms with Crippen LogP contribution in [0.1, 0.15) is 42.0 Å². The third kappa shape index (κ3) is 5.28. The van der Waals surface area contributed by atoms with Gasteiger partial charge in [-0.3, -0.25) is 9.59 Å². The monoisotopic (exact) mass is 584 g/mol. The zero-order valence-corrected chi connectivity index (χ0v) is 25.4.